The number of allylic oxidation sites excluding steroid dienone is 1. The average molecular weight is 236 g/mol. The Labute approximate surface area is 106 Å². The summed E-state index contributed by atoms with van der Waals surface area (Å²) >= 11 is 0. The molecule has 0 aliphatic heterocycles. The first-order chi connectivity index (χ1) is 8.00. The topological polar surface area (TPSA) is 20.2 Å². The van der Waals surface area contributed by atoms with Crippen LogP contribution in [0.1, 0.15) is 59.3 Å². The highest BCUT2D eigenvalue weighted by molar-refractivity contribution is 5.13. The Morgan fingerprint density at radius 1 is 1.41 bits per heavy atom. The second-order valence-electron chi connectivity index (χ2n) is 6.59. The first kappa shape index (κ1) is 13.1. The third-order valence-corrected chi connectivity index (χ3v) is 5.84. The molecule has 2 aliphatic rings. The fourth-order valence-electron chi connectivity index (χ4n) is 4.45. The molecule has 2 rings (SSSR count). The number of hydrogen-bond acceptors (Lipinski definition) is 1. The highest BCUT2D eigenvalue weighted by Gasteiger charge is 2.50. The normalized spacial score (nSPS) is 46.7. The summed E-state index contributed by atoms with van der Waals surface area (Å²) in [7, 11) is 0. The lowest BCUT2D eigenvalue weighted by Gasteiger charge is -2.55. The van der Waals surface area contributed by atoms with Crippen molar-refractivity contribution < 1.29 is 5.11 Å². The van der Waals surface area contributed by atoms with E-state index in [4.69, 9.17) is 0 Å². The molecule has 1 nitrogen and oxygen atoms in total. The van der Waals surface area contributed by atoms with E-state index >= 15 is 0 Å². The summed E-state index contributed by atoms with van der Waals surface area (Å²) < 4.78 is 0. The van der Waals surface area contributed by atoms with Crippen molar-refractivity contribution >= 4 is 0 Å². The van der Waals surface area contributed by atoms with Crippen LogP contribution in [0.3, 0.4) is 0 Å². The van der Waals surface area contributed by atoms with E-state index in [1.54, 1.807) is 0 Å². The van der Waals surface area contributed by atoms with Crippen molar-refractivity contribution in [1.82, 2.24) is 0 Å². The van der Waals surface area contributed by atoms with Crippen LogP contribution in [0.15, 0.2) is 12.2 Å². The Hall–Kier alpha value is -0.300. The summed E-state index contributed by atoms with van der Waals surface area (Å²) in [4.78, 5) is 0. The standard InChI is InChI=1S/C16H28O/c1-5-6-13-14-8-7-11(2)12(3)16(14,4)10-9-15(13)17/h12-15,17H,2,5-10H2,1,3-4H3/t12?,13-,14?,15-,16+/m0/s1. The van der Waals surface area contributed by atoms with Gasteiger partial charge in [-0.15, -0.1) is 0 Å². The minimum absolute atomic E-state index is 0.0495. The Kier molecular flexibility index (Phi) is 3.68. The molecule has 0 bridgehead atoms. The number of hydrogen-bond donors (Lipinski definition) is 1. The van der Waals surface area contributed by atoms with Crippen LogP contribution in [0, 0.1) is 23.2 Å². The van der Waals surface area contributed by atoms with Gasteiger partial charge < -0.3 is 5.11 Å². The van der Waals surface area contributed by atoms with Crippen LogP contribution in [-0.4, -0.2) is 11.2 Å². The molecule has 2 aliphatic carbocycles. The molecule has 5 atom stereocenters. The molecule has 0 aromatic heterocycles. The fourth-order valence-corrected chi connectivity index (χ4v) is 4.45. The molecule has 2 saturated carbocycles. The molecule has 98 valence electrons. The van der Waals surface area contributed by atoms with Gasteiger partial charge in [-0.25, -0.2) is 0 Å². The SMILES string of the molecule is C=C1CCC2[C@H](CCC)[C@@H](O)CC[C@]2(C)C1C. The summed E-state index contributed by atoms with van der Waals surface area (Å²) in [6.07, 6.45) is 6.95. The van der Waals surface area contributed by atoms with Crippen molar-refractivity contribution in [2.75, 3.05) is 0 Å². The van der Waals surface area contributed by atoms with Crippen LogP contribution >= 0.6 is 0 Å². The number of aliphatic hydroxyl groups excluding tert-OH is 1. The molecule has 0 spiro atoms. The van der Waals surface area contributed by atoms with Gasteiger partial charge in [0.15, 0.2) is 0 Å². The van der Waals surface area contributed by atoms with Gasteiger partial charge in [0.1, 0.15) is 0 Å². The van der Waals surface area contributed by atoms with E-state index in [0.29, 0.717) is 23.2 Å². The molecular weight excluding hydrogens is 208 g/mol. The van der Waals surface area contributed by atoms with Crippen molar-refractivity contribution in [3.05, 3.63) is 12.2 Å². The number of aliphatic hydroxyl groups is 1. The highest BCUT2D eigenvalue weighted by Crippen LogP contribution is 2.57. The Bertz CT molecular complexity index is 296. The summed E-state index contributed by atoms with van der Waals surface area (Å²) in [5.41, 5.74) is 1.84. The van der Waals surface area contributed by atoms with E-state index in [2.05, 4.69) is 27.4 Å². The molecule has 0 saturated heterocycles. The van der Waals surface area contributed by atoms with Crippen molar-refractivity contribution in [2.24, 2.45) is 23.2 Å². The van der Waals surface area contributed by atoms with Crippen LogP contribution in [0.2, 0.25) is 0 Å². The quantitative estimate of drug-likeness (QED) is 0.714. The van der Waals surface area contributed by atoms with Gasteiger partial charge in [0.25, 0.3) is 0 Å². The molecule has 0 aromatic rings. The van der Waals surface area contributed by atoms with Gasteiger partial charge in [-0.05, 0) is 55.3 Å². The van der Waals surface area contributed by atoms with Crippen LogP contribution in [-0.2, 0) is 0 Å². The van der Waals surface area contributed by atoms with Crippen molar-refractivity contribution in [2.45, 2.75) is 65.4 Å². The van der Waals surface area contributed by atoms with E-state index in [0.717, 1.165) is 6.42 Å². The zero-order chi connectivity index (χ0) is 12.6. The summed E-state index contributed by atoms with van der Waals surface area (Å²) in [5.74, 6) is 1.88. The summed E-state index contributed by atoms with van der Waals surface area (Å²) in [6.45, 7) is 11.3. The number of fused-ring (bicyclic) bond motifs is 1. The molecular formula is C16H28O. The van der Waals surface area contributed by atoms with Crippen molar-refractivity contribution in [3.8, 4) is 0 Å². The molecule has 1 heteroatoms. The van der Waals surface area contributed by atoms with E-state index in [1.165, 1.54) is 37.7 Å². The lowest BCUT2D eigenvalue weighted by atomic mass is 9.51. The third kappa shape index (κ3) is 2.07. The second kappa shape index (κ2) is 4.76. The molecule has 17 heavy (non-hydrogen) atoms. The maximum absolute atomic E-state index is 10.3. The molecule has 0 amide bonds. The minimum atomic E-state index is -0.0495. The lowest BCUT2D eigenvalue weighted by Crippen LogP contribution is -2.49. The van der Waals surface area contributed by atoms with Gasteiger partial charge in [0.2, 0.25) is 0 Å². The van der Waals surface area contributed by atoms with E-state index in [1.807, 2.05) is 0 Å². The summed E-state index contributed by atoms with van der Waals surface area (Å²) in [5, 5.41) is 10.3. The smallest absolute Gasteiger partial charge is 0.0571 e. The van der Waals surface area contributed by atoms with Gasteiger partial charge in [-0.1, -0.05) is 39.3 Å². The largest absolute Gasteiger partial charge is 0.393 e. The van der Waals surface area contributed by atoms with Gasteiger partial charge in [0.05, 0.1) is 6.10 Å². The fraction of sp³-hybridized carbons (Fsp3) is 0.875. The molecule has 0 aromatic carbocycles. The first-order valence-corrected chi connectivity index (χ1v) is 7.36. The molecule has 2 fully saturated rings. The third-order valence-electron chi connectivity index (χ3n) is 5.84. The van der Waals surface area contributed by atoms with Gasteiger partial charge in [-0.2, -0.15) is 0 Å². The van der Waals surface area contributed by atoms with Crippen LogP contribution in [0.4, 0.5) is 0 Å². The van der Waals surface area contributed by atoms with E-state index < -0.39 is 0 Å². The first-order valence-electron chi connectivity index (χ1n) is 7.36. The van der Waals surface area contributed by atoms with Gasteiger partial charge >= 0.3 is 0 Å². The van der Waals surface area contributed by atoms with E-state index in [-0.39, 0.29) is 6.10 Å². The van der Waals surface area contributed by atoms with Crippen LogP contribution in [0.25, 0.3) is 0 Å². The maximum atomic E-state index is 10.3. The molecule has 2 unspecified atom stereocenters. The van der Waals surface area contributed by atoms with Crippen LogP contribution < -0.4 is 0 Å². The Morgan fingerprint density at radius 3 is 2.76 bits per heavy atom. The predicted molar refractivity (Wildman–Crippen MR) is 72.8 cm³/mol. The zero-order valence-electron chi connectivity index (χ0n) is 11.7. The van der Waals surface area contributed by atoms with Crippen molar-refractivity contribution in [3.63, 3.8) is 0 Å². The highest BCUT2D eigenvalue weighted by atomic mass is 16.3. The average Bonchev–Trinajstić information content (AvgIpc) is 2.30. The van der Waals surface area contributed by atoms with Crippen LogP contribution in [0.5, 0.6) is 0 Å². The molecule has 0 heterocycles. The van der Waals surface area contributed by atoms with Gasteiger partial charge in [-0.3, -0.25) is 0 Å². The Morgan fingerprint density at radius 2 is 2.12 bits per heavy atom. The van der Waals surface area contributed by atoms with E-state index in [9.17, 15) is 5.11 Å². The molecule has 0 radical (unpaired) electrons. The van der Waals surface area contributed by atoms with Crippen molar-refractivity contribution in [1.29, 1.82) is 0 Å². The number of rotatable bonds is 2. The monoisotopic (exact) mass is 236 g/mol. The molecule has 1 N–H and O–H groups in total. The minimum Gasteiger partial charge on any atom is -0.393 e. The second-order valence-corrected chi connectivity index (χ2v) is 6.59. The Balaban J connectivity index is 2.24. The zero-order valence-corrected chi connectivity index (χ0v) is 11.7. The predicted octanol–water partition coefficient (Wildman–Crippen LogP) is 4.17. The maximum Gasteiger partial charge on any atom is 0.0571 e. The summed E-state index contributed by atoms with van der Waals surface area (Å²) in [6, 6.07) is 0. The lowest BCUT2D eigenvalue weighted by molar-refractivity contribution is -0.0766. The van der Waals surface area contributed by atoms with Gasteiger partial charge in [0, 0.05) is 0 Å².